The van der Waals surface area contributed by atoms with Gasteiger partial charge in [0.15, 0.2) is 0 Å². The molecule has 0 radical (unpaired) electrons. The van der Waals surface area contributed by atoms with E-state index in [4.69, 9.17) is 0 Å². The molecule has 108 valence electrons. The normalized spacial score (nSPS) is 11.7. The number of aromatic amines is 1. The summed E-state index contributed by atoms with van der Waals surface area (Å²) >= 11 is 1.28. The molecule has 0 fully saturated rings. The highest BCUT2D eigenvalue weighted by Gasteiger charge is 2.35. The van der Waals surface area contributed by atoms with Crippen LogP contribution in [0.1, 0.15) is 32.9 Å². The predicted octanol–water partition coefficient (Wildman–Crippen LogP) is 3.01. The Balaban J connectivity index is 2.13. The first-order valence-corrected chi connectivity index (χ1v) is 6.53. The van der Waals surface area contributed by atoms with Crippen LogP contribution in [0.5, 0.6) is 0 Å². The Morgan fingerprint density at radius 1 is 1.50 bits per heavy atom. The van der Waals surface area contributed by atoms with Crippen molar-refractivity contribution in [1.29, 1.82) is 0 Å². The number of thiophene rings is 1. The van der Waals surface area contributed by atoms with Crippen molar-refractivity contribution in [3.05, 3.63) is 27.2 Å². The molecule has 0 aliphatic rings. The van der Waals surface area contributed by atoms with E-state index in [1.165, 1.54) is 11.3 Å². The molecule has 1 amide bonds. The zero-order valence-electron chi connectivity index (χ0n) is 10.6. The Hall–Kier alpha value is -1.90. The van der Waals surface area contributed by atoms with E-state index in [2.05, 4.69) is 15.4 Å². The molecule has 0 aliphatic carbocycles. The standard InChI is InChI=1S/C11H11F3N4OS/c1-3-6-4-7(20-5(6)2)8(19)15-10-16-9(17-18-10)11(12,13)14/h4H,3H2,1-2H3,(H2,15,16,17,18,19). The molecule has 9 heteroatoms. The van der Waals surface area contributed by atoms with Crippen LogP contribution in [0.4, 0.5) is 19.1 Å². The number of rotatable bonds is 3. The number of H-pyrrole nitrogens is 1. The average Bonchev–Trinajstić information content (AvgIpc) is 2.95. The van der Waals surface area contributed by atoms with Gasteiger partial charge in [0.2, 0.25) is 11.8 Å². The Labute approximate surface area is 116 Å². The summed E-state index contributed by atoms with van der Waals surface area (Å²) < 4.78 is 37.0. The molecule has 0 unspecified atom stereocenters. The quantitative estimate of drug-likeness (QED) is 0.915. The van der Waals surface area contributed by atoms with Crippen molar-refractivity contribution >= 4 is 23.2 Å². The average molecular weight is 304 g/mol. The highest BCUT2D eigenvalue weighted by Crippen LogP contribution is 2.27. The van der Waals surface area contributed by atoms with Crippen molar-refractivity contribution in [3.8, 4) is 0 Å². The van der Waals surface area contributed by atoms with Crippen molar-refractivity contribution < 1.29 is 18.0 Å². The fourth-order valence-electron chi connectivity index (χ4n) is 1.59. The number of halogens is 3. The van der Waals surface area contributed by atoms with Gasteiger partial charge in [-0.25, -0.2) is 0 Å². The van der Waals surface area contributed by atoms with Gasteiger partial charge in [-0.1, -0.05) is 6.92 Å². The van der Waals surface area contributed by atoms with E-state index in [1.807, 2.05) is 13.8 Å². The van der Waals surface area contributed by atoms with E-state index in [0.29, 0.717) is 4.88 Å². The lowest BCUT2D eigenvalue weighted by Gasteiger charge is -1.99. The van der Waals surface area contributed by atoms with Gasteiger partial charge in [-0.3, -0.25) is 15.2 Å². The van der Waals surface area contributed by atoms with Crippen LogP contribution in [0.15, 0.2) is 6.07 Å². The first-order valence-electron chi connectivity index (χ1n) is 5.71. The second-order valence-electron chi connectivity index (χ2n) is 4.01. The highest BCUT2D eigenvalue weighted by atomic mass is 32.1. The van der Waals surface area contributed by atoms with Crippen LogP contribution in [0.3, 0.4) is 0 Å². The second kappa shape index (κ2) is 5.23. The molecule has 2 N–H and O–H groups in total. The molecule has 20 heavy (non-hydrogen) atoms. The summed E-state index contributed by atoms with van der Waals surface area (Å²) in [4.78, 5) is 16.5. The molecule has 0 saturated carbocycles. The fourth-order valence-corrected chi connectivity index (χ4v) is 2.60. The fraction of sp³-hybridized carbons (Fsp3) is 0.364. The summed E-state index contributed by atoms with van der Waals surface area (Å²) in [5.74, 6) is -2.17. The zero-order valence-corrected chi connectivity index (χ0v) is 11.4. The van der Waals surface area contributed by atoms with Crippen molar-refractivity contribution in [2.24, 2.45) is 0 Å². The SMILES string of the molecule is CCc1cc(C(=O)Nc2n[nH]c(C(F)(F)F)n2)sc1C. The number of hydrogen-bond acceptors (Lipinski definition) is 4. The lowest BCUT2D eigenvalue weighted by molar-refractivity contribution is -0.144. The third-order valence-corrected chi connectivity index (χ3v) is 3.70. The summed E-state index contributed by atoms with van der Waals surface area (Å²) in [5.41, 5.74) is 1.03. The Bertz CT molecular complexity index is 632. The number of carbonyl (C=O) groups is 1. The Kier molecular flexibility index (Phi) is 3.80. The first kappa shape index (κ1) is 14.5. The van der Waals surface area contributed by atoms with Crippen molar-refractivity contribution in [3.63, 3.8) is 0 Å². The maximum atomic E-state index is 12.3. The third-order valence-electron chi connectivity index (χ3n) is 2.60. The van der Waals surface area contributed by atoms with Gasteiger partial charge in [0, 0.05) is 4.88 Å². The first-order chi connectivity index (χ1) is 9.31. The van der Waals surface area contributed by atoms with Crippen LogP contribution >= 0.6 is 11.3 Å². The molecule has 0 saturated heterocycles. The summed E-state index contributed by atoms with van der Waals surface area (Å²) in [7, 11) is 0. The number of amides is 1. The van der Waals surface area contributed by atoms with Gasteiger partial charge in [0.05, 0.1) is 4.88 Å². The maximum absolute atomic E-state index is 12.3. The Morgan fingerprint density at radius 2 is 2.20 bits per heavy atom. The molecule has 2 heterocycles. The number of carbonyl (C=O) groups excluding carboxylic acids is 1. The molecule has 0 aliphatic heterocycles. The highest BCUT2D eigenvalue weighted by molar-refractivity contribution is 7.14. The number of aryl methyl sites for hydroxylation is 2. The number of aromatic nitrogens is 3. The van der Waals surface area contributed by atoms with E-state index in [0.717, 1.165) is 16.9 Å². The lowest BCUT2D eigenvalue weighted by Crippen LogP contribution is -2.12. The third kappa shape index (κ3) is 2.98. The lowest BCUT2D eigenvalue weighted by atomic mass is 10.2. The van der Waals surface area contributed by atoms with Crippen LogP contribution in [0, 0.1) is 6.92 Å². The molecule has 2 aromatic rings. The summed E-state index contributed by atoms with van der Waals surface area (Å²) in [6.45, 7) is 3.84. The zero-order chi connectivity index (χ0) is 14.9. The van der Waals surface area contributed by atoms with Crippen molar-refractivity contribution in [2.45, 2.75) is 26.4 Å². The molecule has 2 rings (SSSR count). The minimum Gasteiger partial charge on any atom is -0.288 e. The Morgan fingerprint density at radius 3 is 2.70 bits per heavy atom. The van der Waals surface area contributed by atoms with Gasteiger partial charge >= 0.3 is 6.18 Å². The van der Waals surface area contributed by atoms with E-state index in [-0.39, 0.29) is 0 Å². The second-order valence-corrected chi connectivity index (χ2v) is 5.26. The molecule has 2 aromatic heterocycles. The van der Waals surface area contributed by atoms with Gasteiger partial charge in [-0.05, 0) is 25.0 Å². The minimum atomic E-state index is -4.62. The molecule has 0 spiro atoms. The smallest absolute Gasteiger partial charge is 0.288 e. The summed E-state index contributed by atoms with van der Waals surface area (Å²) in [6, 6.07) is 1.71. The van der Waals surface area contributed by atoms with E-state index >= 15 is 0 Å². The van der Waals surface area contributed by atoms with Gasteiger partial charge in [0.25, 0.3) is 5.91 Å². The van der Waals surface area contributed by atoms with Gasteiger partial charge in [-0.15, -0.1) is 16.4 Å². The predicted molar refractivity (Wildman–Crippen MR) is 67.8 cm³/mol. The summed E-state index contributed by atoms with van der Waals surface area (Å²) in [6.07, 6.45) is -3.83. The molecule has 0 bridgehead atoms. The van der Waals surface area contributed by atoms with Gasteiger partial charge in [0.1, 0.15) is 0 Å². The largest absolute Gasteiger partial charge is 0.451 e. The van der Waals surface area contributed by atoms with E-state index < -0.39 is 23.9 Å². The van der Waals surface area contributed by atoms with Gasteiger partial charge < -0.3 is 0 Å². The number of alkyl halides is 3. The monoisotopic (exact) mass is 304 g/mol. The molecule has 0 atom stereocenters. The number of nitrogens with zero attached hydrogens (tertiary/aromatic N) is 2. The number of nitrogens with one attached hydrogen (secondary N) is 2. The van der Waals surface area contributed by atoms with Gasteiger partial charge in [-0.2, -0.15) is 18.2 Å². The van der Waals surface area contributed by atoms with E-state index in [1.54, 1.807) is 11.2 Å². The van der Waals surface area contributed by atoms with E-state index in [9.17, 15) is 18.0 Å². The van der Waals surface area contributed by atoms with Crippen LogP contribution < -0.4 is 5.32 Å². The molecule has 5 nitrogen and oxygen atoms in total. The molecular formula is C11H11F3N4OS. The maximum Gasteiger partial charge on any atom is 0.451 e. The van der Waals surface area contributed by atoms with Crippen LogP contribution in [0.2, 0.25) is 0 Å². The number of hydrogen-bond donors (Lipinski definition) is 2. The van der Waals surface area contributed by atoms with Crippen molar-refractivity contribution in [1.82, 2.24) is 15.2 Å². The van der Waals surface area contributed by atoms with Crippen LogP contribution in [-0.4, -0.2) is 21.1 Å². The van der Waals surface area contributed by atoms with Crippen molar-refractivity contribution in [2.75, 3.05) is 5.32 Å². The number of anilines is 1. The van der Waals surface area contributed by atoms with Crippen LogP contribution in [-0.2, 0) is 12.6 Å². The topological polar surface area (TPSA) is 70.7 Å². The minimum absolute atomic E-state index is 0.397. The molecule has 0 aromatic carbocycles. The summed E-state index contributed by atoms with van der Waals surface area (Å²) in [5, 5.41) is 7.28. The van der Waals surface area contributed by atoms with Crippen LogP contribution in [0.25, 0.3) is 0 Å². The molecular weight excluding hydrogens is 293 g/mol.